The topological polar surface area (TPSA) is 86.8 Å². The number of halogens is 1. The molecule has 1 N–H and O–H groups in total. The van der Waals surface area contributed by atoms with E-state index in [4.69, 9.17) is 11.6 Å². The van der Waals surface area contributed by atoms with Gasteiger partial charge in [-0.1, -0.05) is 53.6 Å². The van der Waals surface area contributed by atoms with Crippen molar-refractivity contribution in [1.82, 2.24) is 10.2 Å². The lowest BCUT2D eigenvalue weighted by Gasteiger charge is -2.34. The van der Waals surface area contributed by atoms with Crippen LogP contribution in [0.3, 0.4) is 0 Å². The molecule has 7 nitrogen and oxygen atoms in total. The van der Waals surface area contributed by atoms with Crippen LogP contribution in [0.1, 0.15) is 49.9 Å². The van der Waals surface area contributed by atoms with Crippen molar-refractivity contribution in [3.63, 3.8) is 0 Å². The average molecular weight is 584 g/mol. The summed E-state index contributed by atoms with van der Waals surface area (Å²) in [5.41, 5.74) is 3.21. The van der Waals surface area contributed by atoms with Gasteiger partial charge in [-0.2, -0.15) is 0 Å². The average Bonchev–Trinajstić information content (AvgIpc) is 2.87. The van der Waals surface area contributed by atoms with Gasteiger partial charge in [0.1, 0.15) is 12.6 Å². The van der Waals surface area contributed by atoms with Crippen molar-refractivity contribution in [3.8, 4) is 0 Å². The molecule has 0 fully saturated rings. The van der Waals surface area contributed by atoms with Crippen LogP contribution in [0.15, 0.2) is 71.6 Å². The summed E-state index contributed by atoms with van der Waals surface area (Å²) in [5, 5.41) is 3.47. The highest BCUT2D eigenvalue weighted by Gasteiger charge is 2.34. The van der Waals surface area contributed by atoms with Gasteiger partial charge in [-0.05, 0) is 95.5 Å². The minimum absolute atomic E-state index is 0.0783. The molecule has 0 radical (unpaired) electrons. The predicted molar refractivity (Wildman–Crippen MR) is 161 cm³/mol. The van der Waals surface area contributed by atoms with E-state index in [1.807, 2.05) is 47.6 Å². The van der Waals surface area contributed by atoms with E-state index in [2.05, 4.69) is 5.32 Å². The van der Waals surface area contributed by atoms with Gasteiger partial charge in [0, 0.05) is 17.1 Å². The first kappa shape index (κ1) is 31.2. The van der Waals surface area contributed by atoms with Crippen molar-refractivity contribution in [1.29, 1.82) is 0 Å². The number of benzene rings is 3. The molecule has 0 saturated carbocycles. The third-order valence-electron chi connectivity index (χ3n) is 6.66. The molecule has 0 aliphatic carbocycles. The highest BCUT2D eigenvalue weighted by Crippen LogP contribution is 2.29. The smallest absolute Gasteiger partial charge is 0.264 e. The van der Waals surface area contributed by atoms with Gasteiger partial charge in [0.25, 0.3) is 10.0 Å². The van der Waals surface area contributed by atoms with Crippen molar-refractivity contribution >= 4 is 39.1 Å². The fourth-order valence-corrected chi connectivity index (χ4v) is 5.80. The Morgan fingerprint density at radius 1 is 0.925 bits per heavy atom. The SMILES string of the molecule is Cc1ccc(S(=O)(=O)N(CC(=O)N(Cc2ccc(Cl)cc2)C(C)C(=O)NC(C)(C)C)c2cccc(C)c2C)cc1. The highest BCUT2D eigenvalue weighted by atomic mass is 35.5. The molecule has 3 aromatic rings. The van der Waals surface area contributed by atoms with E-state index in [-0.39, 0.29) is 17.3 Å². The van der Waals surface area contributed by atoms with E-state index >= 15 is 0 Å². The second-order valence-electron chi connectivity index (χ2n) is 11.1. The minimum atomic E-state index is -4.12. The number of hydrogen-bond acceptors (Lipinski definition) is 4. The van der Waals surface area contributed by atoms with E-state index in [1.165, 1.54) is 17.0 Å². The zero-order valence-electron chi connectivity index (χ0n) is 24.2. The fourth-order valence-electron chi connectivity index (χ4n) is 4.20. The number of carbonyl (C=O) groups excluding carboxylic acids is 2. The summed E-state index contributed by atoms with van der Waals surface area (Å²) in [4.78, 5) is 28.7. The number of amides is 2. The number of sulfonamides is 1. The molecule has 0 bridgehead atoms. The van der Waals surface area contributed by atoms with Gasteiger partial charge in [0.15, 0.2) is 0 Å². The predicted octanol–water partition coefficient (Wildman–Crippen LogP) is 5.79. The van der Waals surface area contributed by atoms with Gasteiger partial charge in [-0.3, -0.25) is 13.9 Å². The molecule has 9 heteroatoms. The van der Waals surface area contributed by atoms with Crippen LogP contribution in [0, 0.1) is 20.8 Å². The van der Waals surface area contributed by atoms with Crippen LogP contribution in [-0.2, 0) is 26.2 Å². The third-order valence-corrected chi connectivity index (χ3v) is 8.69. The lowest BCUT2D eigenvalue weighted by atomic mass is 10.1. The Morgan fingerprint density at radius 3 is 2.10 bits per heavy atom. The number of anilines is 1. The molecule has 40 heavy (non-hydrogen) atoms. The summed E-state index contributed by atoms with van der Waals surface area (Å²) in [6.07, 6.45) is 0. The van der Waals surface area contributed by atoms with Crippen LogP contribution < -0.4 is 9.62 Å². The molecule has 214 valence electrons. The van der Waals surface area contributed by atoms with Crippen molar-refractivity contribution < 1.29 is 18.0 Å². The highest BCUT2D eigenvalue weighted by molar-refractivity contribution is 7.92. The molecule has 0 aromatic heterocycles. The van der Waals surface area contributed by atoms with Crippen LogP contribution in [0.2, 0.25) is 5.02 Å². The lowest BCUT2D eigenvalue weighted by Crippen LogP contribution is -2.54. The molecule has 0 spiro atoms. The summed E-state index contributed by atoms with van der Waals surface area (Å²) < 4.78 is 29.2. The molecule has 0 saturated heterocycles. The Morgan fingerprint density at radius 2 is 1.52 bits per heavy atom. The second kappa shape index (κ2) is 12.4. The van der Waals surface area contributed by atoms with E-state index in [0.717, 1.165) is 26.6 Å². The maximum absolute atomic E-state index is 14.1. The Bertz CT molecular complexity index is 1460. The van der Waals surface area contributed by atoms with Crippen molar-refractivity contribution in [2.24, 2.45) is 0 Å². The number of nitrogens with zero attached hydrogens (tertiary/aromatic N) is 2. The first-order chi connectivity index (χ1) is 18.6. The second-order valence-corrected chi connectivity index (χ2v) is 13.4. The molecule has 0 heterocycles. The number of aryl methyl sites for hydroxylation is 2. The van der Waals surface area contributed by atoms with Gasteiger partial charge in [0.2, 0.25) is 11.8 Å². The number of rotatable bonds is 9. The van der Waals surface area contributed by atoms with Gasteiger partial charge in [0.05, 0.1) is 10.6 Å². The zero-order valence-corrected chi connectivity index (χ0v) is 25.7. The summed E-state index contributed by atoms with van der Waals surface area (Å²) in [6, 6.07) is 18.0. The molecular weight excluding hydrogens is 546 g/mol. The monoisotopic (exact) mass is 583 g/mol. The first-order valence-electron chi connectivity index (χ1n) is 13.1. The van der Waals surface area contributed by atoms with E-state index in [0.29, 0.717) is 10.7 Å². The van der Waals surface area contributed by atoms with Gasteiger partial charge in [-0.15, -0.1) is 0 Å². The van der Waals surface area contributed by atoms with Gasteiger partial charge in [-0.25, -0.2) is 8.42 Å². The normalized spacial score (nSPS) is 12.5. The molecule has 0 aliphatic rings. The lowest BCUT2D eigenvalue weighted by molar-refractivity contribution is -0.140. The molecule has 3 rings (SSSR count). The number of nitrogens with one attached hydrogen (secondary N) is 1. The van der Waals surface area contributed by atoms with Crippen LogP contribution in [0.4, 0.5) is 5.69 Å². The van der Waals surface area contributed by atoms with Crippen LogP contribution in [0.25, 0.3) is 0 Å². The van der Waals surface area contributed by atoms with Crippen LogP contribution >= 0.6 is 11.6 Å². The van der Waals surface area contributed by atoms with Crippen LogP contribution in [0.5, 0.6) is 0 Å². The van der Waals surface area contributed by atoms with Gasteiger partial charge >= 0.3 is 0 Å². The maximum Gasteiger partial charge on any atom is 0.264 e. The Hall–Kier alpha value is -3.36. The zero-order chi connectivity index (χ0) is 29.8. The molecular formula is C31H38ClN3O4S. The minimum Gasteiger partial charge on any atom is -0.350 e. The standard InChI is InChI=1S/C31H38ClN3O4S/c1-21-11-17-27(18-12-21)40(38,39)35(28-10-8-9-22(2)23(28)3)20-29(36)34(19-25-13-15-26(32)16-14-25)24(4)30(37)33-31(5,6)7/h8-18,24H,19-20H2,1-7H3,(H,33,37). The van der Waals surface area contributed by atoms with Crippen molar-refractivity contribution in [3.05, 3.63) is 94.0 Å². The third kappa shape index (κ3) is 7.64. The van der Waals surface area contributed by atoms with E-state index in [1.54, 1.807) is 55.5 Å². The Labute approximate surface area is 243 Å². The van der Waals surface area contributed by atoms with E-state index < -0.39 is 34.1 Å². The molecule has 3 aromatic carbocycles. The number of carbonyl (C=O) groups is 2. The van der Waals surface area contributed by atoms with Crippen molar-refractivity contribution in [2.45, 2.75) is 71.5 Å². The summed E-state index contributed by atoms with van der Waals surface area (Å²) in [5.74, 6) is -0.849. The maximum atomic E-state index is 14.1. The fraction of sp³-hybridized carbons (Fsp3) is 0.355. The molecule has 1 unspecified atom stereocenters. The summed E-state index contributed by atoms with van der Waals surface area (Å²) in [7, 11) is -4.12. The van der Waals surface area contributed by atoms with Crippen LogP contribution in [-0.4, -0.2) is 43.3 Å². The molecule has 2 amide bonds. The largest absolute Gasteiger partial charge is 0.350 e. The molecule has 1 atom stereocenters. The number of hydrogen-bond donors (Lipinski definition) is 1. The van der Waals surface area contributed by atoms with Gasteiger partial charge < -0.3 is 10.2 Å². The Kier molecular flexibility index (Phi) is 9.69. The molecule has 0 aliphatic heterocycles. The van der Waals surface area contributed by atoms with Crippen molar-refractivity contribution in [2.75, 3.05) is 10.8 Å². The van der Waals surface area contributed by atoms with E-state index in [9.17, 15) is 18.0 Å². The quantitative estimate of drug-likeness (QED) is 0.345. The summed E-state index contributed by atoms with van der Waals surface area (Å²) in [6.45, 7) is 12.4. The first-order valence-corrected chi connectivity index (χ1v) is 14.9. The Balaban J connectivity index is 2.08. The summed E-state index contributed by atoms with van der Waals surface area (Å²) >= 11 is 6.06.